The first-order valence-corrected chi connectivity index (χ1v) is 12.2. The first-order chi connectivity index (χ1) is 16.4. The second-order valence-electron chi connectivity index (χ2n) is 8.06. The summed E-state index contributed by atoms with van der Waals surface area (Å²) < 4.78 is 23.5. The third-order valence-electron chi connectivity index (χ3n) is 5.76. The second kappa shape index (κ2) is 8.81. The van der Waals surface area contributed by atoms with Gasteiger partial charge < -0.3 is 9.80 Å². The van der Waals surface area contributed by atoms with E-state index < -0.39 is 10.0 Å². The Morgan fingerprint density at radius 3 is 2.53 bits per heavy atom. The Labute approximate surface area is 196 Å². The van der Waals surface area contributed by atoms with E-state index in [0.717, 1.165) is 5.56 Å². The molecule has 3 heterocycles. The standard InChI is InChI=1S/C24H22N6O3S/c25-34(32,33)19-8-4-7-18(13-19)20-9-10-21-23(28-20)24(27-16-26-21)30-12-11-29(22(31)15-30)14-17-5-2-1-3-6-17/h1-10,13,16H,11-12,14-15H2,(H2,25,32,33). The highest BCUT2D eigenvalue weighted by Crippen LogP contribution is 2.27. The monoisotopic (exact) mass is 474 g/mol. The summed E-state index contributed by atoms with van der Waals surface area (Å²) >= 11 is 0. The van der Waals surface area contributed by atoms with Crippen LogP contribution < -0.4 is 10.0 Å². The number of hydrogen-bond donors (Lipinski definition) is 1. The predicted octanol–water partition coefficient (Wildman–Crippen LogP) is 2.19. The minimum absolute atomic E-state index is 0.0107. The summed E-state index contributed by atoms with van der Waals surface area (Å²) in [5.41, 5.74) is 3.43. The maximum Gasteiger partial charge on any atom is 0.242 e. The Hall–Kier alpha value is -3.89. The van der Waals surface area contributed by atoms with Gasteiger partial charge in [-0.15, -0.1) is 0 Å². The number of piperazine rings is 1. The highest BCUT2D eigenvalue weighted by molar-refractivity contribution is 7.89. The van der Waals surface area contributed by atoms with Gasteiger partial charge in [0.25, 0.3) is 0 Å². The van der Waals surface area contributed by atoms with E-state index in [0.29, 0.717) is 47.7 Å². The lowest BCUT2D eigenvalue weighted by Crippen LogP contribution is -2.50. The number of amides is 1. The fourth-order valence-corrected chi connectivity index (χ4v) is 4.57. The molecule has 4 aromatic rings. The van der Waals surface area contributed by atoms with Crippen LogP contribution in [0.2, 0.25) is 0 Å². The van der Waals surface area contributed by atoms with Gasteiger partial charge in [0, 0.05) is 25.2 Å². The molecular formula is C24H22N6O3S. The molecule has 0 saturated carbocycles. The molecule has 1 aliphatic rings. The Bertz CT molecular complexity index is 1480. The summed E-state index contributed by atoms with van der Waals surface area (Å²) in [6, 6.07) is 19.8. The molecule has 1 amide bonds. The fraction of sp³-hybridized carbons (Fsp3) is 0.167. The Kier molecular flexibility index (Phi) is 5.68. The first-order valence-electron chi connectivity index (χ1n) is 10.7. The smallest absolute Gasteiger partial charge is 0.242 e. The van der Waals surface area contributed by atoms with Crippen LogP contribution >= 0.6 is 0 Å². The van der Waals surface area contributed by atoms with Crippen LogP contribution in [0.3, 0.4) is 0 Å². The average molecular weight is 475 g/mol. The van der Waals surface area contributed by atoms with Gasteiger partial charge in [-0.2, -0.15) is 0 Å². The molecule has 2 aromatic carbocycles. The van der Waals surface area contributed by atoms with Crippen molar-refractivity contribution >= 4 is 32.8 Å². The molecule has 9 nitrogen and oxygen atoms in total. The molecule has 0 aliphatic carbocycles. The van der Waals surface area contributed by atoms with E-state index in [1.807, 2.05) is 40.1 Å². The molecule has 0 bridgehead atoms. The summed E-state index contributed by atoms with van der Waals surface area (Å²) in [5, 5.41) is 5.28. The Morgan fingerprint density at radius 1 is 0.941 bits per heavy atom. The highest BCUT2D eigenvalue weighted by Gasteiger charge is 2.26. The average Bonchev–Trinajstić information content (AvgIpc) is 2.85. The molecule has 172 valence electrons. The van der Waals surface area contributed by atoms with Crippen molar-refractivity contribution in [2.75, 3.05) is 24.5 Å². The fourth-order valence-electron chi connectivity index (χ4n) is 4.01. The van der Waals surface area contributed by atoms with E-state index in [2.05, 4.69) is 9.97 Å². The lowest BCUT2D eigenvalue weighted by Gasteiger charge is -2.35. The number of pyridine rings is 1. The minimum atomic E-state index is -3.84. The van der Waals surface area contributed by atoms with Gasteiger partial charge in [0.05, 0.1) is 22.7 Å². The van der Waals surface area contributed by atoms with Crippen LogP contribution in [0.25, 0.3) is 22.3 Å². The van der Waals surface area contributed by atoms with Crippen molar-refractivity contribution in [1.29, 1.82) is 0 Å². The van der Waals surface area contributed by atoms with E-state index >= 15 is 0 Å². The van der Waals surface area contributed by atoms with Gasteiger partial charge >= 0.3 is 0 Å². The number of aromatic nitrogens is 3. The van der Waals surface area contributed by atoms with Crippen LogP contribution in [-0.4, -0.2) is 53.8 Å². The number of carbonyl (C=O) groups excluding carboxylic acids is 1. The number of nitrogens with two attached hydrogens (primary N) is 1. The number of carbonyl (C=O) groups is 1. The third-order valence-corrected chi connectivity index (χ3v) is 6.67. The topological polar surface area (TPSA) is 122 Å². The van der Waals surface area contributed by atoms with Crippen molar-refractivity contribution in [3.05, 3.63) is 78.6 Å². The zero-order chi connectivity index (χ0) is 23.7. The van der Waals surface area contributed by atoms with Gasteiger partial charge in [0.2, 0.25) is 15.9 Å². The summed E-state index contributed by atoms with van der Waals surface area (Å²) in [6.07, 6.45) is 1.46. The molecular weight excluding hydrogens is 452 g/mol. The number of hydrogen-bond acceptors (Lipinski definition) is 7. The van der Waals surface area contributed by atoms with Crippen LogP contribution in [0.4, 0.5) is 5.82 Å². The molecule has 1 fully saturated rings. The second-order valence-corrected chi connectivity index (χ2v) is 9.62. The van der Waals surface area contributed by atoms with E-state index in [4.69, 9.17) is 10.1 Å². The van der Waals surface area contributed by atoms with Crippen molar-refractivity contribution in [2.24, 2.45) is 5.14 Å². The maximum atomic E-state index is 12.9. The minimum Gasteiger partial charge on any atom is -0.344 e. The molecule has 0 spiro atoms. The molecule has 2 aromatic heterocycles. The van der Waals surface area contributed by atoms with Gasteiger partial charge in [-0.05, 0) is 29.8 Å². The number of anilines is 1. The van der Waals surface area contributed by atoms with E-state index in [9.17, 15) is 13.2 Å². The van der Waals surface area contributed by atoms with Gasteiger partial charge in [0.1, 0.15) is 11.8 Å². The van der Waals surface area contributed by atoms with E-state index in [1.54, 1.807) is 24.3 Å². The Balaban J connectivity index is 1.44. The van der Waals surface area contributed by atoms with E-state index in [-0.39, 0.29) is 17.3 Å². The van der Waals surface area contributed by atoms with Crippen molar-refractivity contribution in [2.45, 2.75) is 11.4 Å². The van der Waals surface area contributed by atoms with Crippen molar-refractivity contribution < 1.29 is 13.2 Å². The SMILES string of the molecule is NS(=O)(=O)c1cccc(-c2ccc3ncnc(N4CCN(Cc5ccccc5)C(=O)C4)c3n2)c1. The van der Waals surface area contributed by atoms with Crippen molar-refractivity contribution in [3.8, 4) is 11.3 Å². The number of fused-ring (bicyclic) bond motifs is 1. The van der Waals surface area contributed by atoms with Crippen LogP contribution in [0.1, 0.15) is 5.56 Å². The number of sulfonamides is 1. The molecule has 10 heteroatoms. The lowest BCUT2D eigenvalue weighted by molar-refractivity contribution is -0.131. The molecule has 34 heavy (non-hydrogen) atoms. The van der Waals surface area contributed by atoms with E-state index in [1.165, 1.54) is 18.5 Å². The van der Waals surface area contributed by atoms with Gasteiger partial charge in [0.15, 0.2) is 5.82 Å². The predicted molar refractivity (Wildman–Crippen MR) is 128 cm³/mol. The summed E-state index contributed by atoms with van der Waals surface area (Å²) in [4.78, 5) is 30.1. The number of primary sulfonamides is 1. The summed E-state index contributed by atoms with van der Waals surface area (Å²) in [5.74, 6) is 0.584. The van der Waals surface area contributed by atoms with Crippen LogP contribution in [0.5, 0.6) is 0 Å². The summed E-state index contributed by atoms with van der Waals surface area (Å²) in [6.45, 7) is 1.93. The molecule has 2 N–H and O–H groups in total. The maximum absolute atomic E-state index is 12.9. The molecule has 1 saturated heterocycles. The molecule has 0 atom stereocenters. The third kappa shape index (κ3) is 4.45. The number of nitrogens with zero attached hydrogens (tertiary/aromatic N) is 5. The van der Waals surface area contributed by atoms with Crippen LogP contribution in [-0.2, 0) is 21.4 Å². The first kappa shape index (κ1) is 21.9. The van der Waals surface area contributed by atoms with Crippen molar-refractivity contribution in [3.63, 3.8) is 0 Å². The van der Waals surface area contributed by atoms with Crippen molar-refractivity contribution in [1.82, 2.24) is 19.9 Å². The largest absolute Gasteiger partial charge is 0.344 e. The zero-order valence-electron chi connectivity index (χ0n) is 18.2. The zero-order valence-corrected chi connectivity index (χ0v) is 19.0. The van der Waals surface area contributed by atoms with Crippen LogP contribution in [0, 0.1) is 0 Å². The highest BCUT2D eigenvalue weighted by atomic mass is 32.2. The quantitative estimate of drug-likeness (QED) is 0.470. The molecule has 1 aliphatic heterocycles. The van der Waals surface area contributed by atoms with Gasteiger partial charge in [-0.1, -0.05) is 42.5 Å². The van der Waals surface area contributed by atoms with Gasteiger partial charge in [-0.3, -0.25) is 4.79 Å². The number of rotatable bonds is 5. The molecule has 5 rings (SSSR count). The lowest BCUT2D eigenvalue weighted by atomic mass is 10.1. The van der Waals surface area contributed by atoms with Crippen LogP contribution in [0.15, 0.2) is 78.0 Å². The van der Waals surface area contributed by atoms with Gasteiger partial charge in [-0.25, -0.2) is 28.5 Å². The number of benzene rings is 2. The normalized spacial score (nSPS) is 14.6. The Morgan fingerprint density at radius 2 is 1.76 bits per heavy atom. The molecule has 0 unspecified atom stereocenters. The summed E-state index contributed by atoms with van der Waals surface area (Å²) in [7, 11) is -3.84. The molecule has 0 radical (unpaired) electrons.